The highest BCUT2D eigenvalue weighted by Crippen LogP contribution is 2.11. The molecule has 1 saturated heterocycles. The van der Waals surface area contributed by atoms with Crippen molar-refractivity contribution in [1.29, 1.82) is 0 Å². The number of hydrogen-bond acceptors (Lipinski definition) is 6. The number of rotatable bonds is 7. The van der Waals surface area contributed by atoms with Gasteiger partial charge in [-0.1, -0.05) is 5.21 Å². The van der Waals surface area contributed by atoms with Gasteiger partial charge in [-0.3, -0.25) is 9.59 Å². The van der Waals surface area contributed by atoms with Crippen LogP contribution in [0.3, 0.4) is 0 Å². The van der Waals surface area contributed by atoms with Gasteiger partial charge in [0.05, 0.1) is 18.1 Å². The second-order valence-electron chi connectivity index (χ2n) is 6.79. The average Bonchev–Trinajstić information content (AvgIpc) is 3.26. The van der Waals surface area contributed by atoms with Crippen LogP contribution >= 0.6 is 0 Å². The van der Waals surface area contributed by atoms with E-state index >= 15 is 0 Å². The summed E-state index contributed by atoms with van der Waals surface area (Å²) >= 11 is 0. The molecule has 0 bridgehead atoms. The van der Waals surface area contributed by atoms with E-state index in [1.54, 1.807) is 46.2 Å². The van der Waals surface area contributed by atoms with Crippen molar-refractivity contribution in [3.05, 3.63) is 42.2 Å². The van der Waals surface area contributed by atoms with Gasteiger partial charge in [-0.15, -0.1) is 5.10 Å². The molecule has 9 nitrogen and oxygen atoms in total. The van der Waals surface area contributed by atoms with Crippen molar-refractivity contribution in [2.45, 2.75) is 18.9 Å². The molecule has 1 fully saturated rings. The summed E-state index contributed by atoms with van der Waals surface area (Å²) in [5, 5.41) is 10.4. The Kier molecular flexibility index (Phi) is 6.49. The van der Waals surface area contributed by atoms with E-state index in [9.17, 15) is 14.4 Å². The maximum Gasteiger partial charge on any atom is 0.251 e. The molecule has 3 rings (SSSR count). The van der Waals surface area contributed by atoms with Crippen LogP contribution in [0.5, 0.6) is 0 Å². The number of amides is 2. The number of nitrogens with one attached hydrogen (secondary N) is 1. The van der Waals surface area contributed by atoms with E-state index in [4.69, 9.17) is 0 Å². The van der Waals surface area contributed by atoms with Crippen molar-refractivity contribution in [2.24, 2.45) is 0 Å². The molecule has 1 atom stereocenters. The third kappa shape index (κ3) is 4.80. The molecule has 1 aliphatic rings. The molecule has 1 aromatic heterocycles. The summed E-state index contributed by atoms with van der Waals surface area (Å²) in [5.74, 6) is -0.481. The lowest BCUT2D eigenvalue weighted by Crippen LogP contribution is -2.54. The minimum absolute atomic E-state index is 0.137. The third-order valence-electron chi connectivity index (χ3n) is 4.81. The average molecular weight is 384 g/mol. The topological polar surface area (TPSA) is 100 Å². The smallest absolute Gasteiger partial charge is 0.251 e. The summed E-state index contributed by atoms with van der Waals surface area (Å²) in [4.78, 5) is 40.2. The van der Waals surface area contributed by atoms with Gasteiger partial charge in [0.1, 0.15) is 12.3 Å². The first-order chi connectivity index (χ1) is 13.6. The number of piperazine rings is 1. The van der Waals surface area contributed by atoms with E-state index in [0.29, 0.717) is 18.7 Å². The number of carbonyl (C=O) groups excluding carboxylic acids is 3. The van der Waals surface area contributed by atoms with Crippen LogP contribution in [0.4, 0.5) is 0 Å². The Morgan fingerprint density at radius 1 is 1.18 bits per heavy atom. The van der Waals surface area contributed by atoms with Crippen LogP contribution in [-0.4, -0.2) is 82.2 Å². The summed E-state index contributed by atoms with van der Waals surface area (Å²) in [5.41, 5.74) is 1.21. The van der Waals surface area contributed by atoms with Gasteiger partial charge in [0.25, 0.3) is 5.91 Å². The van der Waals surface area contributed by atoms with E-state index in [2.05, 4.69) is 20.5 Å². The fourth-order valence-electron chi connectivity index (χ4n) is 3.09. The lowest BCUT2D eigenvalue weighted by Gasteiger charge is -2.34. The predicted octanol–water partition coefficient (Wildman–Crippen LogP) is 0.119. The van der Waals surface area contributed by atoms with E-state index in [-0.39, 0.29) is 24.7 Å². The van der Waals surface area contributed by atoms with Gasteiger partial charge < -0.3 is 19.9 Å². The van der Waals surface area contributed by atoms with Crippen LogP contribution < -0.4 is 5.32 Å². The summed E-state index contributed by atoms with van der Waals surface area (Å²) in [7, 11) is 2.01. The van der Waals surface area contributed by atoms with Gasteiger partial charge >= 0.3 is 0 Å². The first-order valence-corrected chi connectivity index (χ1v) is 9.27. The van der Waals surface area contributed by atoms with Crippen molar-refractivity contribution in [1.82, 2.24) is 30.1 Å². The summed E-state index contributed by atoms with van der Waals surface area (Å²) in [6.45, 7) is 2.83. The largest absolute Gasteiger partial charge is 0.340 e. The first-order valence-electron chi connectivity index (χ1n) is 9.27. The highest BCUT2D eigenvalue weighted by molar-refractivity contribution is 5.97. The van der Waals surface area contributed by atoms with Crippen molar-refractivity contribution >= 4 is 18.1 Å². The van der Waals surface area contributed by atoms with Crippen LogP contribution in [0.25, 0.3) is 5.69 Å². The normalized spacial score (nSPS) is 15.8. The predicted molar refractivity (Wildman–Crippen MR) is 102 cm³/mol. The van der Waals surface area contributed by atoms with E-state index in [1.807, 2.05) is 7.05 Å². The van der Waals surface area contributed by atoms with Crippen molar-refractivity contribution in [3.63, 3.8) is 0 Å². The number of aldehydes is 1. The standard InChI is InChI=1S/C19H24N6O3/c1-23-10-12-24(13-11-23)19(28)17(3-2-14-26)21-18(27)15-4-6-16(7-5-15)25-9-8-20-22-25/h4-9,14,17H,2-3,10-13H2,1H3,(H,21,27)/t17-/m0/s1. The summed E-state index contributed by atoms with van der Waals surface area (Å²) in [6, 6.07) is 6.14. The maximum atomic E-state index is 12.8. The minimum atomic E-state index is -0.712. The molecule has 1 aromatic carbocycles. The molecule has 1 N–H and O–H groups in total. The Morgan fingerprint density at radius 2 is 1.89 bits per heavy atom. The fourth-order valence-corrected chi connectivity index (χ4v) is 3.09. The molecule has 0 spiro atoms. The third-order valence-corrected chi connectivity index (χ3v) is 4.81. The van der Waals surface area contributed by atoms with Gasteiger partial charge in [0.2, 0.25) is 5.91 Å². The number of nitrogens with zero attached hydrogens (tertiary/aromatic N) is 5. The highest BCUT2D eigenvalue weighted by Gasteiger charge is 2.28. The summed E-state index contributed by atoms with van der Waals surface area (Å²) in [6.07, 6.45) is 4.55. The van der Waals surface area contributed by atoms with Crippen molar-refractivity contribution in [3.8, 4) is 5.69 Å². The van der Waals surface area contributed by atoms with Crippen molar-refractivity contribution in [2.75, 3.05) is 33.2 Å². The molecule has 148 valence electrons. The van der Waals surface area contributed by atoms with Crippen LogP contribution in [0.2, 0.25) is 0 Å². The molecule has 9 heteroatoms. The molecule has 2 amide bonds. The lowest BCUT2D eigenvalue weighted by atomic mass is 10.1. The van der Waals surface area contributed by atoms with Gasteiger partial charge in [0, 0.05) is 38.2 Å². The Morgan fingerprint density at radius 3 is 2.50 bits per heavy atom. The molecule has 0 radical (unpaired) electrons. The monoisotopic (exact) mass is 384 g/mol. The van der Waals surface area contributed by atoms with Crippen LogP contribution in [0, 0.1) is 0 Å². The number of likely N-dealkylation sites (N-methyl/N-ethyl adjacent to an activating group) is 1. The number of aromatic nitrogens is 3. The molecular formula is C19H24N6O3. The zero-order valence-electron chi connectivity index (χ0n) is 15.8. The second kappa shape index (κ2) is 9.23. The van der Waals surface area contributed by atoms with Crippen molar-refractivity contribution < 1.29 is 14.4 Å². The van der Waals surface area contributed by atoms with Crippen LogP contribution in [0.15, 0.2) is 36.7 Å². The quantitative estimate of drug-likeness (QED) is 0.681. The molecule has 0 saturated carbocycles. The van der Waals surface area contributed by atoms with Crippen LogP contribution in [-0.2, 0) is 9.59 Å². The lowest BCUT2D eigenvalue weighted by molar-refractivity contribution is -0.135. The number of benzene rings is 1. The number of carbonyl (C=O) groups is 3. The Balaban J connectivity index is 1.66. The minimum Gasteiger partial charge on any atom is -0.340 e. The van der Waals surface area contributed by atoms with Gasteiger partial charge in [0.15, 0.2) is 0 Å². The first kappa shape index (κ1) is 19.7. The molecular weight excluding hydrogens is 360 g/mol. The van der Waals surface area contributed by atoms with E-state index < -0.39 is 6.04 Å². The van der Waals surface area contributed by atoms with Gasteiger partial charge in [-0.25, -0.2) is 4.68 Å². The van der Waals surface area contributed by atoms with E-state index in [0.717, 1.165) is 25.1 Å². The fraction of sp³-hybridized carbons (Fsp3) is 0.421. The highest BCUT2D eigenvalue weighted by atomic mass is 16.2. The Hall–Kier alpha value is -3.07. The van der Waals surface area contributed by atoms with Crippen LogP contribution in [0.1, 0.15) is 23.2 Å². The Labute approximate surface area is 163 Å². The molecule has 1 aliphatic heterocycles. The molecule has 2 aromatic rings. The molecule has 0 unspecified atom stereocenters. The molecule has 2 heterocycles. The molecule has 28 heavy (non-hydrogen) atoms. The second-order valence-corrected chi connectivity index (χ2v) is 6.79. The maximum absolute atomic E-state index is 12.8. The molecule has 0 aliphatic carbocycles. The number of hydrogen-bond donors (Lipinski definition) is 1. The van der Waals surface area contributed by atoms with Gasteiger partial charge in [-0.2, -0.15) is 0 Å². The van der Waals surface area contributed by atoms with Gasteiger partial charge in [-0.05, 0) is 37.7 Å². The SMILES string of the molecule is CN1CCN(C(=O)[C@H](CCC=O)NC(=O)c2ccc(-n3ccnn3)cc2)CC1. The zero-order chi connectivity index (χ0) is 19.9. The Bertz CT molecular complexity index is 798. The zero-order valence-corrected chi connectivity index (χ0v) is 15.8. The van der Waals surface area contributed by atoms with E-state index in [1.165, 1.54) is 0 Å². The summed E-state index contributed by atoms with van der Waals surface area (Å²) < 4.78 is 1.59.